The van der Waals surface area contributed by atoms with Crippen molar-refractivity contribution in [1.29, 1.82) is 0 Å². The van der Waals surface area contributed by atoms with Gasteiger partial charge in [0.1, 0.15) is 0 Å². The number of carbonyl (C=O) groups excluding carboxylic acids is 1. The largest absolute Gasteiger partial charge is 0.367 e. The predicted molar refractivity (Wildman–Crippen MR) is 140 cm³/mol. The lowest BCUT2D eigenvalue weighted by Gasteiger charge is -2.50. The van der Waals surface area contributed by atoms with E-state index in [2.05, 4.69) is 71.7 Å². The maximum absolute atomic E-state index is 14.4. The van der Waals surface area contributed by atoms with E-state index in [0.29, 0.717) is 6.54 Å². The van der Waals surface area contributed by atoms with Crippen LogP contribution in [0.3, 0.4) is 0 Å². The van der Waals surface area contributed by atoms with Crippen LogP contribution in [0.25, 0.3) is 0 Å². The Bertz CT molecular complexity index is 1040. The molecule has 1 spiro atoms. The van der Waals surface area contributed by atoms with Gasteiger partial charge in [-0.1, -0.05) is 91.0 Å². The molecule has 2 aliphatic rings. The lowest BCUT2D eigenvalue weighted by Crippen LogP contribution is -2.55. The number of benzene rings is 3. The minimum atomic E-state index is -0.306. The van der Waals surface area contributed by atoms with Gasteiger partial charge in [0.2, 0.25) is 5.91 Å². The molecule has 3 aromatic rings. The molecule has 5 rings (SSSR count). The Hall–Kier alpha value is -2.95. The van der Waals surface area contributed by atoms with Crippen LogP contribution in [0, 0.1) is 0 Å². The normalized spacial score (nSPS) is 21.7. The molecule has 4 nitrogen and oxygen atoms in total. The second kappa shape index (κ2) is 10.8. The lowest BCUT2D eigenvalue weighted by atomic mass is 9.79. The molecule has 2 heterocycles. The SMILES string of the molecule is CCN(C(=O)C(c1ccccc1)c1ccccc1)[C@@H]1C[C@H](c2ccccc2)OC2(CCNCC2)C1. The van der Waals surface area contributed by atoms with Gasteiger partial charge in [-0.15, -0.1) is 0 Å². The first kappa shape index (κ1) is 23.8. The van der Waals surface area contributed by atoms with Gasteiger partial charge < -0.3 is 15.0 Å². The van der Waals surface area contributed by atoms with Gasteiger partial charge in [-0.3, -0.25) is 4.79 Å². The summed E-state index contributed by atoms with van der Waals surface area (Å²) in [6, 6.07) is 31.1. The third-order valence-corrected chi connectivity index (χ3v) is 7.75. The van der Waals surface area contributed by atoms with Crippen molar-refractivity contribution in [3.63, 3.8) is 0 Å². The second-order valence-electron chi connectivity index (χ2n) is 9.92. The van der Waals surface area contributed by atoms with Crippen LogP contribution in [0.5, 0.6) is 0 Å². The Morgan fingerprint density at radius 2 is 1.46 bits per heavy atom. The van der Waals surface area contributed by atoms with Crippen LogP contribution in [-0.2, 0) is 9.53 Å². The molecular formula is C31H36N2O2. The molecule has 182 valence electrons. The third kappa shape index (κ3) is 5.19. The van der Waals surface area contributed by atoms with Crippen LogP contribution in [0.1, 0.15) is 61.3 Å². The fraction of sp³-hybridized carbons (Fsp3) is 0.387. The molecule has 2 aliphatic heterocycles. The Kier molecular flexibility index (Phi) is 7.31. The maximum Gasteiger partial charge on any atom is 0.234 e. The number of nitrogens with zero attached hydrogens (tertiary/aromatic N) is 1. The van der Waals surface area contributed by atoms with Crippen LogP contribution in [0.15, 0.2) is 91.0 Å². The number of amides is 1. The maximum atomic E-state index is 14.4. The fourth-order valence-electron chi connectivity index (χ4n) is 6.00. The first-order chi connectivity index (χ1) is 17.2. The van der Waals surface area contributed by atoms with Gasteiger partial charge in [0.05, 0.1) is 17.6 Å². The average Bonchev–Trinajstić information content (AvgIpc) is 2.91. The Balaban J connectivity index is 1.49. The van der Waals surface area contributed by atoms with E-state index in [9.17, 15) is 4.79 Å². The van der Waals surface area contributed by atoms with Crippen molar-refractivity contribution in [2.75, 3.05) is 19.6 Å². The molecule has 0 radical (unpaired) electrons. The van der Waals surface area contributed by atoms with Gasteiger partial charge in [-0.25, -0.2) is 0 Å². The van der Waals surface area contributed by atoms with Crippen LogP contribution < -0.4 is 5.32 Å². The summed E-state index contributed by atoms with van der Waals surface area (Å²) in [5.74, 6) is -0.118. The fourth-order valence-corrected chi connectivity index (χ4v) is 6.00. The number of hydrogen-bond acceptors (Lipinski definition) is 3. The monoisotopic (exact) mass is 468 g/mol. The van der Waals surface area contributed by atoms with Crippen LogP contribution in [0.2, 0.25) is 0 Å². The molecule has 0 saturated carbocycles. The van der Waals surface area contributed by atoms with Gasteiger partial charge in [0.15, 0.2) is 0 Å². The first-order valence-corrected chi connectivity index (χ1v) is 13.0. The molecule has 0 aliphatic carbocycles. The topological polar surface area (TPSA) is 41.6 Å². The van der Waals surface area contributed by atoms with Gasteiger partial charge in [0, 0.05) is 12.6 Å². The van der Waals surface area contributed by atoms with E-state index in [4.69, 9.17) is 4.74 Å². The number of hydrogen-bond donors (Lipinski definition) is 1. The van der Waals surface area contributed by atoms with Gasteiger partial charge in [-0.2, -0.15) is 0 Å². The Labute approximate surface area is 209 Å². The van der Waals surface area contributed by atoms with Crippen molar-refractivity contribution < 1.29 is 9.53 Å². The number of rotatable bonds is 6. The van der Waals surface area contributed by atoms with E-state index in [0.717, 1.165) is 49.9 Å². The lowest BCUT2D eigenvalue weighted by molar-refractivity contribution is -0.171. The van der Waals surface area contributed by atoms with E-state index in [1.54, 1.807) is 0 Å². The molecule has 4 heteroatoms. The molecule has 2 atom stereocenters. The van der Waals surface area contributed by atoms with E-state index in [1.165, 1.54) is 5.56 Å². The zero-order valence-corrected chi connectivity index (χ0v) is 20.6. The Morgan fingerprint density at radius 3 is 2.00 bits per heavy atom. The van der Waals surface area contributed by atoms with E-state index >= 15 is 0 Å². The summed E-state index contributed by atoms with van der Waals surface area (Å²) < 4.78 is 6.86. The zero-order chi connectivity index (χ0) is 24.1. The summed E-state index contributed by atoms with van der Waals surface area (Å²) in [5.41, 5.74) is 3.12. The number of nitrogens with one attached hydrogen (secondary N) is 1. The molecule has 0 bridgehead atoms. The smallest absolute Gasteiger partial charge is 0.234 e. The number of piperidine rings is 1. The minimum absolute atomic E-state index is 0.00167. The molecule has 0 unspecified atom stereocenters. The van der Waals surface area contributed by atoms with Crippen molar-refractivity contribution in [3.8, 4) is 0 Å². The molecular weight excluding hydrogens is 432 g/mol. The van der Waals surface area contributed by atoms with Crippen molar-refractivity contribution in [2.45, 2.75) is 56.3 Å². The molecule has 2 fully saturated rings. The van der Waals surface area contributed by atoms with Crippen LogP contribution in [-0.4, -0.2) is 42.1 Å². The van der Waals surface area contributed by atoms with E-state index < -0.39 is 0 Å². The van der Waals surface area contributed by atoms with Gasteiger partial charge in [-0.05, 0) is 62.4 Å². The van der Waals surface area contributed by atoms with Crippen LogP contribution in [0.4, 0.5) is 0 Å². The third-order valence-electron chi connectivity index (χ3n) is 7.75. The number of ether oxygens (including phenoxy) is 1. The van der Waals surface area contributed by atoms with Gasteiger partial charge in [0.25, 0.3) is 0 Å². The van der Waals surface area contributed by atoms with Crippen molar-refractivity contribution in [2.24, 2.45) is 0 Å². The molecule has 1 N–H and O–H groups in total. The second-order valence-corrected chi connectivity index (χ2v) is 9.92. The summed E-state index contributed by atoms with van der Waals surface area (Å²) >= 11 is 0. The number of likely N-dealkylation sites (N-methyl/N-ethyl adjacent to an activating group) is 1. The molecule has 1 amide bonds. The van der Waals surface area contributed by atoms with Gasteiger partial charge >= 0.3 is 0 Å². The van der Waals surface area contributed by atoms with Crippen molar-refractivity contribution in [1.82, 2.24) is 10.2 Å². The molecule has 0 aromatic heterocycles. The highest BCUT2D eigenvalue weighted by Crippen LogP contribution is 2.44. The Morgan fingerprint density at radius 1 is 0.914 bits per heavy atom. The molecule has 2 saturated heterocycles. The van der Waals surface area contributed by atoms with Crippen molar-refractivity contribution in [3.05, 3.63) is 108 Å². The highest BCUT2D eigenvalue weighted by atomic mass is 16.5. The van der Waals surface area contributed by atoms with Crippen molar-refractivity contribution >= 4 is 5.91 Å². The predicted octanol–water partition coefficient (Wildman–Crippen LogP) is 5.71. The zero-order valence-electron chi connectivity index (χ0n) is 20.6. The summed E-state index contributed by atoms with van der Waals surface area (Å²) in [7, 11) is 0. The summed E-state index contributed by atoms with van der Waals surface area (Å²) in [6.07, 6.45) is 3.70. The molecule has 3 aromatic carbocycles. The number of carbonyl (C=O) groups is 1. The average molecular weight is 469 g/mol. The standard InChI is InChI=1S/C31H36N2O2/c1-2-33(30(34)29(25-14-8-4-9-15-25)26-16-10-5-11-17-26)27-22-28(24-12-6-3-7-13-24)35-31(23-27)18-20-32-21-19-31/h3-17,27-29,32H,2,18-23H2,1H3/t27-,28-/m1/s1. The first-order valence-electron chi connectivity index (χ1n) is 13.0. The van der Waals surface area contributed by atoms with E-state index in [1.807, 2.05) is 36.4 Å². The van der Waals surface area contributed by atoms with E-state index in [-0.39, 0.29) is 29.6 Å². The summed E-state index contributed by atoms with van der Waals surface area (Å²) in [5, 5.41) is 3.49. The summed E-state index contributed by atoms with van der Waals surface area (Å²) in [4.78, 5) is 16.5. The molecule has 35 heavy (non-hydrogen) atoms. The van der Waals surface area contributed by atoms with Crippen LogP contribution >= 0.6 is 0 Å². The highest BCUT2D eigenvalue weighted by Gasteiger charge is 2.45. The highest BCUT2D eigenvalue weighted by molar-refractivity contribution is 5.87. The quantitative estimate of drug-likeness (QED) is 0.504. The summed E-state index contributed by atoms with van der Waals surface area (Å²) in [6.45, 7) is 4.73. The minimum Gasteiger partial charge on any atom is -0.367 e.